The van der Waals surface area contributed by atoms with Crippen LogP contribution in [0, 0.1) is 5.82 Å². The van der Waals surface area contributed by atoms with Crippen LogP contribution in [0.4, 0.5) is 4.39 Å². The fourth-order valence-electron chi connectivity index (χ4n) is 1.51. The molecule has 0 atom stereocenters. The minimum Gasteiger partial charge on any atom is -0.423 e. The smallest absolute Gasteiger partial charge is 0.306 e. The van der Waals surface area contributed by atoms with Crippen molar-refractivity contribution >= 4 is 5.84 Å². The number of hydrogen-bond donors (Lipinski definition) is 0. The maximum absolute atomic E-state index is 13.4. The molecule has 0 aliphatic heterocycles. The van der Waals surface area contributed by atoms with Gasteiger partial charge in [0.1, 0.15) is 5.82 Å². The predicted molar refractivity (Wildman–Crippen MR) is 52.9 cm³/mol. The van der Waals surface area contributed by atoms with Gasteiger partial charge in [0.05, 0.1) is 11.8 Å². The zero-order valence-electron chi connectivity index (χ0n) is 7.72. The topological polar surface area (TPSA) is 30.4 Å². The molecule has 0 fully saturated rings. The van der Waals surface area contributed by atoms with Crippen molar-refractivity contribution < 1.29 is 8.81 Å². The quantitative estimate of drug-likeness (QED) is 0.607. The van der Waals surface area contributed by atoms with Gasteiger partial charge in [0.15, 0.2) is 5.76 Å². The third kappa shape index (κ3) is 1.22. The maximum Gasteiger partial charge on any atom is 0.306 e. The van der Waals surface area contributed by atoms with Crippen LogP contribution in [0.1, 0.15) is 0 Å². The first kappa shape index (κ1) is 8.23. The van der Waals surface area contributed by atoms with Gasteiger partial charge >= 0.3 is 5.84 Å². The van der Waals surface area contributed by atoms with Crippen LogP contribution in [0.2, 0.25) is 0 Å². The number of halogens is 1. The van der Waals surface area contributed by atoms with Gasteiger partial charge in [0.25, 0.3) is 0 Å². The highest BCUT2D eigenvalue weighted by Gasteiger charge is 2.09. The van der Waals surface area contributed by atoms with E-state index in [1.807, 2.05) is 0 Å². The van der Waals surface area contributed by atoms with Crippen molar-refractivity contribution in [1.29, 1.82) is 0 Å². The van der Waals surface area contributed by atoms with E-state index in [-0.39, 0.29) is 5.82 Å². The first-order chi connectivity index (χ1) is 7.34. The Bertz CT molecular complexity index is 583. The molecule has 15 heavy (non-hydrogen) atoms. The van der Waals surface area contributed by atoms with Crippen LogP contribution in [-0.4, -0.2) is 9.38 Å². The number of fused-ring (bicyclic) bond motifs is 1. The molecule has 2 aromatic heterocycles. The molecule has 0 aliphatic rings. The summed E-state index contributed by atoms with van der Waals surface area (Å²) in [6.45, 7) is 0. The Labute approximate surface area is 84.8 Å². The van der Waals surface area contributed by atoms with E-state index < -0.39 is 0 Å². The lowest BCUT2D eigenvalue weighted by atomic mass is 10.2. The second kappa shape index (κ2) is 2.95. The second-order valence-corrected chi connectivity index (χ2v) is 3.19. The highest BCUT2D eigenvalue weighted by molar-refractivity contribution is 5.58. The highest BCUT2D eigenvalue weighted by Crippen LogP contribution is 2.24. The minimum atomic E-state index is -0.297. The molecular formula is C11H7FN2O. The zero-order valence-corrected chi connectivity index (χ0v) is 7.72. The van der Waals surface area contributed by atoms with E-state index in [0.717, 1.165) is 0 Å². The summed E-state index contributed by atoms with van der Waals surface area (Å²) in [6, 6.07) is 6.49. The van der Waals surface area contributed by atoms with Gasteiger partial charge in [-0.1, -0.05) is 12.1 Å². The number of rotatable bonds is 1. The molecule has 4 heteroatoms. The Morgan fingerprint density at radius 2 is 2.13 bits per heavy atom. The Balaban J connectivity index is 2.22. The summed E-state index contributed by atoms with van der Waals surface area (Å²) < 4.78 is 20.5. The third-order valence-electron chi connectivity index (χ3n) is 2.23. The number of aromatic nitrogens is 2. The molecule has 0 bridgehead atoms. The molecule has 0 aliphatic carbocycles. The van der Waals surface area contributed by atoms with Gasteiger partial charge in [0, 0.05) is 12.4 Å². The summed E-state index contributed by atoms with van der Waals surface area (Å²) in [7, 11) is 0. The van der Waals surface area contributed by atoms with Gasteiger partial charge in [-0.2, -0.15) is 0 Å². The molecule has 0 spiro atoms. The van der Waals surface area contributed by atoms with Crippen molar-refractivity contribution in [2.45, 2.75) is 0 Å². The molecule has 0 saturated heterocycles. The zero-order chi connectivity index (χ0) is 10.3. The van der Waals surface area contributed by atoms with E-state index >= 15 is 0 Å². The van der Waals surface area contributed by atoms with Gasteiger partial charge in [-0.3, -0.25) is 4.40 Å². The van der Waals surface area contributed by atoms with Crippen molar-refractivity contribution in [3.05, 3.63) is 48.7 Å². The molecule has 3 nitrogen and oxygen atoms in total. The maximum atomic E-state index is 13.4. The van der Waals surface area contributed by atoms with Crippen LogP contribution < -0.4 is 0 Å². The number of benzene rings is 1. The SMILES string of the molecule is Fc1ccccc1-c1cn2ccnc2o1. The lowest BCUT2D eigenvalue weighted by molar-refractivity contribution is 0.591. The fourth-order valence-corrected chi connectivity index (χ4v) is 1.51. The molecule has 1 aromatic carbocycles. The van der Waals surface area contributed by atoms with Crippen LogP contribution >= 0.6 is 0 Å². The summed E-state index contributed by atoms with van der Waals surface area (Å²) in [6.07, 6.45) is 5.09. The van der Waals surface area contributed by atoms with Crippen molar-refractivity contribution in [3.8, 4) is 11.3 Å². The number of oxazole rings is 1. The van der Waals surface area contributed by atoms with E-state index in [9.17, 15) is 4.39 Å². The summed E-state index contributed by atoms with van der Waals surface area (Å²) in [4.78, 5) is 3.97. The van der Waals surface area contributed by atoms with Crippen LogP contribution in [0.3, 0.4) is 0 Å². The monoisotopic (exact) mass is 202 g/mol. The fraction of sp³-hybridized carbons (Fsp3) is 0. The number of nitrogens with zero attached hydrogens (tertiary/aromatic N) is 2. The summed E-state index contributed by atoms with van der Waals surface area (Å²) in [5, 5.41) is 0. The Hall–Kier alpha value is -2.10. The van der Waals surface area contributed by atoms with Crippen molar-refractivity contribution in [3.63, 3.8) is 0 Å². The molecule has 0 radical (unpaired) electrons. The number of imidazole rings is 1. The van der Waals surface area contributed by atoms with Crippen LogP contribution in [0.5, 0.6) is 0 Å². The summed E-state index contributed by atoms with van der Waals surface area (Å²) in [5.74, 6) is 0.652. The van der Waals surface area contributed by atoms with Gasteiger partial charge in [-0.15, -0.1) is 0 Å². The Kier molecular flexibility index (Phi) is 1.62. The van der Waals surface area contributed by atoms with E-state index in [2.05, 4.69) is 4.98 Å². The van der Waals surface area contributed by atoms with Crippen LogP contribution in [-0.2, 0) is 0 Å². The van der Waals surface area contributed by atoms with Crippen molar-refractivity contribution in [1.82, 2.24) is 9.38 Å². The first-order valence-corrected chi connectivity index (χ1v) is 4.52. The first-order valence-electron chi connectivity index (χ1n) is 4.52. The normalized spacial score (nSPS) is 11.0. The average molecular weight is 202 g/mol. The molecular weight excluding hydrogens is 195 g/mol. The van der Waals surface area contributed by atoms with Crippen molar-refractivity contribution in [2.24, 2.45) is 0 Å². The summed E-state index contributed by atoms with van der Waals surface area (Å²) >= 11 is 0. The molecule has 3 aromatic rings. The van der Waals surface area contributed by atoms with E-state index in [0.29, 0.717) is 17.2 Å². The molecule has 3 rings (SSSR count). The van der Waals surface area contributed by atoms with Gasteiger partial charge in [-0.05, 0) is 12.1 Å². The van der Waals surface area contributed by atoms with Crippen molar-refractivity contribution in [2.75, 3.05) is 0 Å². The second-order valence-electron chi connectivity index (χ2n) is 3.19. The van der Waals surface area contributed by atoms with Gasteiger partial charge < -0.3 is 4.42 Å². The van der Waals surface area contributed by atoms with Gasteiger partial charge in [0.2, 0.25) is 0 Å². The van der Waals surface area contributed by atoms with Gasteiger partial charge in [-0.25, -0.2) is 9.37 Å². The lowest BCUT2D eigenvalue weighted by Gasteiger charge is -1.96. The lowest BCUT2D eigenvalue weighted by Crippen LogP contribution is -1.80. The molecule has 74 valence electrons. The standard InChI is InChI=1S/C11H7FN2O/c12-9-4-2-1-3-8(9)10-7-14-6-5-13-11(14)15-10/h1-7H. The largest absolute Gasteiger partial charge is 0.423 e. The summed E-state index contributed by atoms with van der Waals surface area (Å²) in [5.41, 5.74) is 0.447. The Morgan fingerprint density at radius 3 is 2.93 bits per heavy atom. The minimum absolute atomic E-state index is 0.297. The molecule has 0 amide bonds. The molecule has 0 unspecified atom stereocenters. The van der Waals surface area contributed by atoms with E-state index in [4.69, 9.17) is 4.42 Å². The number of hydrogen-bond acceptors (Lipinski definition) is 2. The highest BCUT2D eigenvalue weighted by atomic mass is 19.1. The predicted octanol–water partition coefficient (Wildman–Crippen LogP) is 2.73. The molecule has 2 heterocycles. The van der Waals surface area contributed by atoms with Crippen LogP contribution in [0.15, 0.2) is 47.3 Å². The van der Waals surface area contributed by atoms with Crippen LogP contribution in [0.25, 0.3) is 17.2 Å². The Morgan fingerprint density at radius 1 is 1.27 bits per heavy atom. The van der Waals surface area contributed by atoms with E-state index in [1.54, 1.807) is 41.2 Å². The van der Waals surface area contributed by atoms with E-state index in [1.165, 1.54) is 6.07 Å². The molecule has 0 saturated carbocycles. The third-order valence-corrected chi connectivity index (χ3v) is 2.23. The molecule has 0 N–H and O–H groups in total. The average Bonchev–Trinajstić information content (AvgIpc) is 2.77.